The molecule has 7 heteroatoms. The van der Waals surface area contributed by atoms with Gasteiger partial charge < -0.3 is 15.2 Å². The van der Waals surface area contributed by atoms with Crippen LogP contribution < -0.4 is 10.5 Å². The summed E-state index contributed by atoms with van der Waals surface area (Å²) in [6.07, 6.45) is 0. The number of ether oxygens (including phenoxy) is 2. The largest absolute Gasteiger partial charge is 0.496 e. The molecule has 6 nitrogen and oxygen atoms in total. The number of esters is 1. The van der Waals surface area contributed by atoms with Crippen LogP contribution in [0.5, 0.6) is 5.75 Å². The Balaban J connectivity index is 2.94. The molecule has 0 radical (unpaired) electrons. The van der Waals surface area contributed by atoms with Crippen molar-refractivity contribution in [2.24, 2.45) is 0 Å². The molecule has 1 aromatic rings. The lowest BCUT2D eigenvalue weighted by atomic mass is 10.2. The summed E-state index contributed by atoms with van der Waals surface area (Å²) >= 11 is 0. The van der Waals surface area contributed by atoms with Crippen LogP contribution >= 0.6 is 0 Å². The third-order valence-corrected chi connectivity index (χ3v) is 3.68. The normalized spacial score (nSPS) is 11.0. The van der Waals surface area contributed by atoms with Gasteiger partial charge in [0.15, 0.2) is 9.84 Å². The van der Waals surface area contributed by atoms with Crippen LogP contribution in [0.1, 0.15) is 5.56 Å². The third-order valence-electron chi connectivity index (χ3n) is 2.25. The van der Waals surface area contributed by atoms with E-state index in [2.05, 4.69) is 4.74 Å². The molecule has 0 aliphatic rings. The Hall–Kier alpha value is -1.76. The molecule has 0 aliphatic heterocycles. The van der Waals surface area contributed by atoms with E-state index in [1.54, 1.807) is 12.1 Å². The van der Waals surface area contributed by atoms with Crippen LogP contribution in [0.4, 0.5) is 5.69 Å². The predicted molar refractivity (Wildman–Crippen MR) is 66.9 cm³/mol. The molecule has 0 fully saturated rings. The number of methoxy groups -OCH3 is 2. The topological polar surface area (TPSA) is 95.7 Å². The van der Waals surface area contributed by atoms with Crippen molar-refractivity contribution in [1.29, 1.82) is 0 Å². The van der Waals surface area contributed by atoms with E-state index in [9.17, 15) is 13.2 Å². The zero-order valence-electron chi connectivity index (χ0n) is 10.2. The molecular formula is C11H15NO5S. The molecule has 0 aliphatic carbocycles. The van der Waals surface area contributed by atoms with Gasteiger partial charge in [0.25, 0.3) is 0 Å². The van der Waals surface area contributed by atoms with Crippen molar-refractivity contribution in [3.63, 3.8) is 0 Å². The highest BCUT2D eigenvalue weighted by Crippen LogP contribution is 2.23. The fraction of sp³-hybridized carbons (Fsp3) is 0.364. The molecular weight excluding hydrogens is 258 g/mol. The number of anilines is 1. The zero-order valence-corrected chi connectivity index (χ0v) is 11.0. The van der Waals surface area contributed by atoms with E-state index >= 15 is 0 Å². The molecule has 0 saturated heterocycles. The smallest absolute Gasteiger partial charge is 0.320 e. The van der Waals surface area contributed by atoms with Gasteiger partial charge in [0.1, 0.15) is 11.5 Å². The van der Waals surface area contributed by atoms with E-state index in [1.807, 2.05) is 0 Å². The summed E-state index contributed by atoms with van der Waals surface area (Å²) in [7, 11) is -1.02. The summed E-state index contributed by atoms with van der Waals surface area (Å²) in [4.78, 5) is 11.0. The molecule has 2 N–H and O–H groups in total. The van der Waals surface area contributed by atoms with Gasteiger partial charge in [0.05, 0.1) is 20.0 Å². The summed E-state index contributed by atoms with van der Waals surface area (Å²) in [6.45, 7) is 0. The monoisotopic (exact) mass is 273 g/mol. The van der Waals surface area contributed by atoms with Crippen molar-refractivity contribution < 1.29 is 22.7 Å². The first kappa shape index (κ1) is 14.3. The number of carbonyl (C=O) groups excluding carboxylic acids is 1. The number of carbonyl (C=O) groups is 1. The van der Waals surface area contributed by atoms with Crippen LogP contribution in [0.3, 0.4) is 0 Å². The maximum Gasteiger partial charge on any atom is 0.320 e. The van der Waals surface area contributed by atoms with Crippen molar-refractivity contribution in [2.75, 3.05) is 25.7 Å². The maximum absolute atomic E-state index is 11.7. The third kappa shape index (κ3) is 3.92. The Morgan fingerprint density at radius 3 is 2.56 bits per heavy atom. The van der Waals surface area contributed by atoms with E-state index < -0.39 is 21.6 Å². The van der Waals surface area contributed by atoms with Gasteiger partial charge in [-0.15, -0.1) is 0 Å². The summed E-state index contributed by atoms with van der Waals surface area (Å²) in [5, 5.41) is 0. The van der Waals surface area contributed by atoms with E-state index in [0.29, 0.717) is 17.0 Å². The number of nitrogen functional groups attached to an aromatic ring is 1. The SMILES string of the molecule is COC(=O)CS(=O)(=O)Cc1ccc(N)cc1OC. The van der Waals surface area contributed by atoms with Crippen molar-refractivity contribution in [2.45, 2.75) is 5.75 Å². The first-order valence-corrected chi connectivity index (χ1v) is 6.89. The van der Waals surface area contributed by atoms with Gasteiger partial charge in [-0.3, -0.25) is 4.79 Å². The predicted octanol–water partition coefficient (Wildman–Crippen LogP) is 0.365. The highest BCUT2D eigenvalue weighted by molar-refractivity contribution is 7.91. The fourth-order valence-corrected chi connectivity index (χ4v) is 2.70. The highest BCUT2D eigenvalue weighted by Gasteiger charge is 2.19. The van der Waals surface area contributed by atoms with E-state index in [-0.39, 0.29) is 5.75 Å². The number of hydrogen-bond donors (Lipinski definition) is 1. The van der Waals surface area contributed by atoms with E-state index in [0.717, 1.165) is 7.11 Å². The Labute approximate surface area is 106 Å². The van der Waals surface area contributed by atoms with Crippen molar-refractivity contribution in [3.05, 3.63) is 23.8 Å². The standard InChI is InChI=1S/C11H15NO5S/c1-16-10-5-9(12)4-3-8(10)6-18(14,15)7-11(13)17-2/h3-5H,6-7,12H2,1-2H3. The van der Waals surface area contributed by atoms with Gasteiger partial charge in [-0.05, 0) is 6.07 Å². The van der Waals surface area contributed by atoms with Crippen LogP contribution in [0, 0.1) is 0 Å². The van der Waals surface area contributed by atoms with Crippen LogP contribution in [-0.2, 0) is 25.1 Å². The molecule has 0 atom stereocenters. The summed E-state index contributed by atoms with van der Waals surface area (Å²) < 4.78 is 32.8. The Kier molecular flexibility index (Phi) is 4.55. The van der Waals surface area contributed by atoms with Crippen molar-refractivity contribution in [1.82, 2.24) is 0 Å². The van der Waals surface area contributed by atoms with Crippen LogP contribution in [0.15, 0.2) is 18.2 Å². The Morgan fingerprint density at radius 2 is 2.00 bits per heavy atom. The minimum absolute atomic E-state index is 0.300. The van der Waals surface area contributed by atoms with Crippen molar-refractivity contribution >= 4 is 21.5 Å². The van der Waals surface area contributed by atoms with Gasteiger partial charge >= 0.3 is 5.97 Å². The Bertz CT molecular complexity index is 538. The van der Waals surface area contributed by atoms with Gasteiger partial charge in [-0.1, -0.05) is 6.07 Å². The van der Waals surface area contributed by atoms with Gasteiger partial charge in [0.2, 0.25) is 0 Å². The second-order valence-corrected chi connectivity index (χ2v) is 5.74. The first-order chi connectivity index (χ1) is 8.38. The number of rotatable bonds is 5. The molecule has 0 heterocycles. The van der Waals surface area contributed by atoms with Gasteiger partial charge in [-0.2, -0.15) is 0 Å². The molecule has 0 spiro atoms. The summed E-state index contributed by atoms with van der Waals surface area (Å²) in [6, 6.07) is 4.66. The lowest BCUT2D eigenvalue weighted by Gasteiger charge is -2.09. The number of benzene rings is 1. The van der Waals surface area contributed by atoms with Gasteiger partial charge in [-0.25, -0.2) is 8.42 Å². The van der Waals surface area contributed by atoms with Gasteiger partial charge in [0, 0.05) is 17.3 Å². The molecule has 100 valence electrons. The minimum atomic E-state index is -3.59. The number of hydrogen-bond acceptors (Lipinski definition) is 6. The molecule has 0 bridgehead atoms. The Morgan fingerprint density at radius 1 is 1.33 bits per heavy atom. The average molecular weight is 273 g/mol. The highest BCUT2D eigenvalue weighted by atomic mass is 32.2. The lowest BCUT2D eigenvalue weighted by molar-refractivity contribution is -0.137. The first-order valence-electron chi connectivity index (χ1n) is 5.07. The molecule has 18 heavy (non-hydrogen) atoms. The van der Waals surface area contributed by atoms with Crippen LogP contribution in [-0.4, -0.2) is 34.4 Å². The average Bonchev–Trinajstić information content (AvgIpc) is 2.30. The van der Waals surface area contributed by atoms with Crippen molar-refractivity contribution in [3.8, 4) is 5.75 Å². The quantitative estimate of drug-likeness (QED) is 0.615. The van der Waals surface area contributed by atoms with Crippen LogP contribution in [0.25, 0.3) is 0 Å². The molecule has 0 amide bonds. The maximum atomic E-state index is 11.7. The summed E-state index contributed by atoms with van der Waals surface area (Å²) in [5.41, 5.74) is 6.49. The zero-order chi connectivity index (χ0) is 13.8. The second-order valence-electron chi connectivity index (χ2n) is 3.68. The summed E-state index contributed by atoms with van der Waals surface area (Å²) in [5.74, 6) is -1.37. The van der Waals surface area contributed by atoms with E-state index in [4.69, 9.17) is 10.5 Å². The van der Waals surface area contributed by atoms with Crippen LogP contribution in [0.2, 0.25) is 0 Å². The fourth-order valence-electron chi connectivity index (χ4n) is 1.41. The number of sulfone groups is 1. The minimum Gasteiger partial charge on any atom is -0.496 e. The molecule has 1 aromatic carbocycles. The molecule has 1 rings (SSSR count). The van der Waals surface area contributed by atoms with E-state index in [1.165, 1.54) is 13.2 Å². The molecule has 0 aromatic heterocycles. The lowest BCUT2D eigenvalue weighted by Crippen LogP contribution is -2.19. The molecule has 0 unspecified atom stereocenters. The second kappa shape index (κ2) is 5.72. The molecule has 0 saturated carbocycles. The number of nitrogens with two attached hydrogens (primary N) is 1.